The fraction of sp³-hybridized carbons (Fsp3) is 0.900. The smallest absolute Gasteiger partial charge is 0.407 e. The molecule has 0 aromatic rings. The summed E-state index contributed by atoms with van der Waals surface area (Å²) in [5, 5.41) is 15.5. The second-order valence-electron chi connectivity index (χ2n) is 4.50. The Morgan fingerprint density at radius 1 is 1.67 bits per heavy atom. The molecule has 1 unspecified atom stereocenters. The monoisotopic (exact) mass is 216 g/mol. The molecule has 1 aliphatic heterocycles. The molecule has 1 saturated heterocycles. The van der Waals surface area contributed by atoms with Crippen molar-refractivity contribution in [2.75, 3.05) is 26.2 Å². The number of nitrogens with one attached hydrogen (secondary N) is 2. The first-order chi connectivity index (χ1) is 7.02. The van der Waals surface area contributed by atoms with Crippen molar-refractivity contribution in [2.24, 2.45) is 5.92 Å². The summed E-state index contributed by atoms with van der Waals surface area (Å²) in [4.78, 5) is 11.2. The number of amides is 1. The van der Waals surface area contributed by atoms with Gasteiger partial charge in [-0.05, 0) is 18.9 Å². The van der Waals surface area contributed by atoms with Crippen molar-refractivity contribution in [1.29, 1.82) is 0 Å². The maximum atomic E-state index is 11.2. The fourth-order valence-electron chi connectivity index (χ4n) is 1.41. The Labute approximate surface area is 90.2 Å². The second-order valence-corrected chi connectivity index (χ2v) is 4.50. The van der Waals surface area contributed by atoms with E-state index >= 15 is 0 Å². The van der Waals surface area contributed by atoms with Crippen LogP contribution in [-0.4, -0.2) is 43.0 Å². The molecule has 5 heteroatoms. The predicted molar refractivity (Wildman–Crippen MR) is 56.6 cm³/mol. The average molecular weight is 216 g/mol. The van der Waals surface area contributed by atoms with E-state index in [1.54, 1.807) is 0 Å². The average Bonchev–Trinajstić information content (AvgIpc) is 2.60. The zero-order chi connectivity index (χ0) is 11.3. The van der Waals surface area contributed by atoms with Crippen molar-refractivity contribution in [2.45, 2.75) is 25.9 Å². The Hall–Kier alpha value is -0.810. The van der Waals surface area contributed by atoms with E-state index in [1.807, 2.05) is 13.8 Å². The molecule has 0 aliphatic carbocycles. The fourth-order valence-corrected chi connectivity index (χ4v) is 1.41. The van der Waals surface area contributed by atoms with Gasteiger partial charge in [-0.15, -0.1) is 0 Å². The molecule has 1 amide bonds. The highest BCUT2D eigenvalue weighted by Gasteiger charge is 2.31. The van der Waals surface area contributed by atoms with Crippen LogP contribution in [0.25, 0.3) is 0 Å². The first kappa shape index (κ1) is 12.3. The second kappa shape index (κ2) is 5.32. The summed E-state index contributed by atoms with van der Waals surface area (Å²) in [6.45, 7) is 5.92. The minimum Gasteiger partial charge on any atom is -0.449 e. The Balaban J connectivity index is 2.16. The Kier molecular flexibility index (Phi) is 4.35. The van der Waals surface area contributed by atoms with Gasteiger partial charge in [0.2, 0.25) is 0 Å². The van der Waals surface area contributed by atoms with Crippen molar-refractivity contribution in [3.05, 3.63) is 0 Å². The maximum Gasteiger partial charge on any atom is 0.407 e. The molecule has 1 fully saturated rings. The van der Waals surface area contributed by atoms with Crippen LogP contribution in [0.4, 0.5) is 4.79 Å². The minimum absolute atomic E-state index is 0.247. The van der Waals surface area contributed by atoms with Crippen LogP contribution in [0, 0.1) is 5.92 Å². The van der Waals surface area contributed by atoms with Gasteiger partial charge in [-0.25, -0.2) is 4.79 Å². The number of hydrogen-bond acceptors (Lipinski definition) is 4. The molecule has 0 aromatic carbocycles. The third-order valence-electron chi connectivity index (χ3n) is 2.33. The van der Waals surface area contributed by atoms with Gasteiger partial charge in [0.05, 0.1) is 18.8 Å². The molecule has 1 rings (SSSR count). The van der Waals surface area contributed by atoms with E-state index in [0.29, 0.717) is 25.5 Å². The van der Waals surface area contributed by atoms with E-state index in [4.69, 9.17) is 4.74 Å². The number of ether oxygens (including phenoxy) is 1. The lowest BCUT2D eigenvalue weighted by Gasteiger charge is -2.21. The van der Waals surface area contributed by atoms with E-state index in [0.717, 1.165) is 6.54 Å². The Bertz CT molecular complexity index is 213. The minimum atomic E-state index is -0.809. The first-order valence-corrected chi connectivity index (χ1v) is 5.35. The van der Waals surface area contributed by atoms with E-state index in [-0.39, 0.29) is 6.54 Å². The van der Waals surface area contributed by atoms with Gasteiger partial charge in [0.15, 0.2) is 0 Å². The van der Waals surface area contributed by atoms with Gasteiger partial charge in [0.1, 0.15) is 0 Å². The number of hydrogen-bond donors (Lipinski definition) is 3. The van der Waals surface area contributed by atoms with Crippen LogP contribution in [0.1, 0.15) is 20.3 Å². The van der Waals surface area contributed by atoms with Crippen molar-refractivity contribution in [3.8, 4) is 0 Å². The SMILES string of the molecule is CC(C)COC(=O)NCC1(O)CCNC1. The van der Waals surface area contributed by atoms with Crippen LogP contribution >= 0.6 is 0 Å². The van der Waals surface area contributed by atoms with Crippen molar-refractivity contribution in [1.82, 2.24) is 10.6 Å². The van der Waals surface area contributed by atoms with Crippen LogP contribution in [0.15, 0.2) is 0 Å². The summed E-state index contributed by atoms with van der Waals surface area (Å²) in [6, 6.07) is 0. The Morgan fingerprint density at radius 2 is 2.40 bits per heavy atom. The summed E-state index contributed by atoms with van der Waals surface area (Å²) in [7, 11) is 0. The highest BCUT2D eigenvalue weighted by molar-refractivity contribution is 5.67. The van der Waals surface area contributed by atoms with Crippen molar-refractivity contribution in [3.63, 3.8) is 0 Å². The van der Waals surface area contributed by atoms with Crippen LogP contribution in [0.3, 0.4) is 0 Å². The van der Waals surface area contributed by atoms with E-state index < -0.39 is 11.7 Å². The number of alkyl carbamates (subject to hydrolysis) is 1. The normalized spacial score (nSPS) is 25.6. The Morgan fingerprint density at radius 3 is 2.93 bits per heavy atom. The lowest BCUT2D eigenvalue weighted by atomic mass is 10.0. The summed E-state index contributed by atoms with van der Waals surface area (Å²) in [5.74, 6) is 0.326. The van der Waals surface area contributed by atoms with E-state index in [2.05, 4.69) is 10.6 Å². The standard InChI is InChI=1S/C10H20N2O3/c1-8(2)5-15-9(13)12-7-10(14)3-4-11-6-10/h8,11,14H,3-7H2,1-2H3,(H,12,13). The highest BCUT2D eigenvalue weighted by atomic mass is 16.5. The molecular formula is C10H20N2O3. The number of β-amino-alcohol motifs (C(OH)–C–C–N with tert-alkyl or cyclic N) is 1. The molecule has 1 heterocycles. The van der Waals surface area contributed by atoms with E-state index in [9.17, 15) is 9.90 Å². The van der Waals surface area contributed by atoms with E-state index in [1.165, 1.54) is 0 Å². The first-order valence-electron chi connectivity index (χ1n) is 5.35. The molecule has 1 atom stereocenters. The van der Waals surface area contributed by atoms with Gasteiger partial charge >= 0.3 is 6.09 Å². The summed E-state index contributed by atoms with van der Waals surface area (Å²) in [6.07, 6.45) is 0.210. The van der Waals surface area contributed by atoms with Crippen LogP contribution in [0.2, 0.25) is 0 Å². The van der Waals surface area contributed by atoms with Crippen molar-refractivity contribution < 1.29 is 14.6 Å². The van der Waals surface area contributed by atoms with Crippen LogP contribution < -0.4 is 10.6 Å². The quantitative estimate of drug-likeness (QED) is 0.623. The zero-order valence-electron chi connectivity index (χ0n) is 9.38. The number of carbonyl (C=O) groups excluding carboxylic acids is 1. The van der Waals surface area contributed by atoms with Gasteiger partial charge < -0.3 is 20.5 Å². The molecule has 5 nitrogen and oxygen atoms in total. The van der Waals surface area contributed by atoms with Gasteiger partial charge in [0, 0.05) is 6.54 Å². The zero-order valence-corrected chi connectivity index (χ0v) is 9.38. The number of rotatable bonds is 4. The molecule has 0 bridgehead atoms. The lowest BCUT2D eigenvalue weighted by molar-refractivity contribution is 0.0565. The molecule has 88 valence electrons. The van der Waals surface area contributed by atoms with Gasteiger partial charge in [-0.1, -0.05) is 13.8 Å². The molecular weight excluding hydrogens is 196 g/mol. The maximum absolute atomic E-state index is 11.2. The van der Waals surface area contributed by atoms with Gasteiger partial charge in [-0.3, -0.25) is 0 Å². The van der Waals surface area contributed by atoms with Gasteiger partial charge in [0.25, 0.3) is 0 Å². The third-order valence-corrected chi connectivity index (χ3v) is 2.33. The molecule has 0 spiro atoms. The summed E-state index contributed by atoms with van der Waals surface area (Å²) in [5.41, 5.74) is -0.809. The summed E-state index contributed by atoms with van der Waals surface area (Å²) >= 11 is 0. The highest BCUT2D eigenvalue weighted by Crippen LogP contribution is 2.12. The molecule has 0 aromatic heterocycles. The topological polar surface area (TPSA) is 70.6 Å². The lowest BCUT2D eigenvalue weighted by Crippen LogP contribution is -2.44. The van der Waals surface area contributed by atoms with Crippen LogP contribution in [0.5, 0.6) is 0 Å². The largest absolute Gasteiger partial charge is 0.449 e. The third kappa shape index (κ3) is 4.48. The van der Waals surface area contributed by atoms with Crippen molar-refractivity contribution >= 4 is 6.09 Å². The molecule has 15 heavy (non-hydrogen) atoms. The molecule has 0 radical (unpaired) electrons. The molecule has 0 saturated carbocycles. The molecule has 3 N–H and O–H groups in total. The van der Waals surface area contributed by atoms with Crippen LogP contribution in [-0.2, 0) is 4.74 Å². The summed E-state index contributed by atoms with van der Waals surface area (Å²) < 4.78 is 4.93. The number of carbonyl (C=O) groups is 1. The number of aliphatic hydroxyl groups is 1. The molecule has 1 aliphatic rings. The van der Waals surface area contributed by atoms with Gasteiger partial charge in [-0.2, -0.15) is 0 Å². The predicted octanol–water partition coefficient (Wildman–Crippen LogP) is 0.0930.